The fourth-order valence-corrected chi connectivity index (χ4v) is 2.89. The van der Waals surface area contributed by atoms with Gasteiger partial charge in [-0.25, -0.2) is 13.2 Å². The Morgan fingerprint density at radius 3 is 2.29 bits per heavy atom. The van der Waals surface area contributed by atoms with Gasteiger partial charge in [-0.2, -0.15) is 0 Å². The quantitative estimate of drug-likeness (QED) is 0.649. The second kappa shape index (κ2) is 5.51. The van der Waals surface area contributed by atoms with Crippen molar-refractivity contribution in [1.29, 1.82) is 0 Å². The third-order valence-corrected chi connectivity index (χ3v) is 4.42. The van der Waals surface area contributed by atoms with E-state index in [0.717, 1.165) is 36.0 Å². The van der Waals surface area contributed by atoms with Crippen LogP contribution >= 0.6 is 0 Å². The van der Waals surface area contributed by atoms with Crippen LogP contribution in [0.25, 0.3) is 10.9 Å². The number of benzene rings is 2. The maximum Gasteiger partial charge on any atom is 0.161 e. The zero-order valence-corrected chi connectivity index (χ0v) is 13.1. The number of hydrogen-bond acceptors (Lipinski definition) is 2. The van der Waals surface area contributed by atoms with E-state index in [1.807, 2.05) is 18.0 Å². The lowest BCUT2D eigenvalue weighted by Crippen LogP contribution is -2.11. The Balaban J connectivity index is 1.91. The topological polar surface area (TPSA) is 16.1 Å². The predicted molar refractivity (Wildman–Crippen MR) is 88.1 cm³/mol. The average molecular weight is 328 g/mol. The smallest absolute Gasteiger partial charge is 0.161 e. The Labute approximate surface area is 137 Å². The molecule has 0 spiro atoms. The van der Waals surface area contributed by atoms with E-state index in [2.05, 4.69) is 4.98 Å². The molecule has 1 aliphatic rings. The van der Waals surface area contributed by atoms with E-state index in [0.29, 0.717) is 16.8 Å². The molecular weight excluding hydrogens is 313 g/mol. The number of fused-ring (bicyclic) bond motifs is 1. The van der Waals surface area contributed by atoms with Crippen LogP contribution in [0.1, 0.15) is 24.5 Å². The average Bonchev–Trinajstić information content (AvgIpc) is 3.40. The largest absolute Gasteiger partial charge is 0.344 e. The van der Waals surface area contributed by atoms with Crippen molar-refractivity contribution in [2.75, 3.05) is 11.9 Å². The number of halogens is 3. The summed E-state index contributed by atoms with van der Waals surface area (Å²) in [5, 5.41) is 0.533. The number of hydrogen-bond donors (Lipinski definition) is 0. The van der Waals surface area contributed by atoms with Gasteiger partial charge in [-0.15, -0.1) is 0 Å². The van der Waals surface area contributed by atoms with Crippen LogP contribution in [0.2, 0.25) is 0 Å². The zero-order valence-electron chi connectivity index (χ0n) is 13.1. The Morgan fingerprint density at radius 1 is 0.958 bits per heavy atom. The molecule has 0 bridgehead atoms. The lowest BCUT2D eigenvalue weighted by atomic mass is 10.1. The van der Waals surface area contributed by atoms with Crippen LogP contribution in [0.3, 0.4) is 0 Å². The van der Waals surface area contributed by atoms with Crippen molar-refractivity contribution in [2.45, 2.75) is 18.8 Å². The fourth-order valence-electron chi connectivity index (χ4n) is 2.89. The molecule has 0 unspecified atom stereocenters. The van der Waals surface area contributed by atoms with Crippen LogP contribution in [0.15, 0.2) is 42.5 Å². The van der Waals surface area contributed by atoms with Crippen LogP contribution in [0, 0.1) is 17.5 Å². The Kier molecular flexibility index (Phi) is 3.44. The minimum absolute atomic E-state index is 0.321. The van der Waals surface area contributed by atoms with Crippen LogP contribution in [-0.2, 0) is 0 Å². The van der Waals surface area contributed by atoms with Gasteiger partial charge >= 0.3 is 0 Å². The molecule has 122 valence electrons. The highest BCUT2D eigenvalue weighted by atomic mass is 19.2. The van der Waals surface area contributed by atoms with Crippen LogP contribution in [0.4, 0.5) is 24.5 Å². The van der Waals surface area contributed by atoms with E-state index in [1.165, 1.54) is 18.2 Å². The van der Waals surface area contributed by atoms with Gasteiger partial charge in [0.05, 0.1) is 11.2 Å². The SMILES string of the molecule is CN(c1ccc(F)cc1)c1cc(C2CC2)nc2cc(F)c(F)cc12. The predicted octanol–water partition coefficient (Wildman–Crippen LogP) is 5.30. The molecule has 0 radical (unpaired) electrons. The number of rotatable bonds is 3. The summed E-state index contributed by atoms with van der Waals surface area (Å²) in [7, 11) is 1.82. The molecule has 2 aromatic carbocycles. The first-order chi connectivity index (χ1) is 11.5. The van der Waals surface area contributed by atoms with Gasteiger partial charge in [-0.3, -0.25) is 4.98 Å². The molecule has 2 nitrogen and oxygen atoms in total. The first kappa shape index (κ1) is 15.0. The fraction of sp³-hybridized carbons (Fsp3) is 0.211. The molecule has 24 heavy (non-hydrogen) atoms. The van der Waals surface area contributed by atoms with Crippen LogP contribution in [-0.4, -0.2) is 12.0 Å². The first-order valence-electron chi connectivity index (χ1n) is 7.82. The third kappa shape index (κ3) is 2.60. The molecule has 0 saturated heterocycles. The Bertz CT molecular complexity index is 918. The maximum absolute atomic E-state index is 13.7. The van der Waals surface area contributed by atoms with Crippen molar-refractivity contribution in [3.63, 3.8) is 0 Å². The van der Waals surface area contributed by atoms with E-state index in [9.17, 15) is 13.2 Å². The molecule has 1 heterocycles. The molecule has 3 aromatic rings. The summed E-state index contributed by atoms with van der Waals surface area (Å²) in [4.78, 5) is 6.34. The summed E-state index contributed by atoms with van der Waals surface area (Å²) in [5.41, 5.74) is 2.81. The maximum atomic E-state index is 13.7. The molecule has 1 aliphatic carbocycles. The summed E-state index contributed by atoms with van der Waals surface area (Å²) < 4.78 is 40.5. The van der Waals surface area contributed by atoms with Gasteiger partial charge < -0.3 is 4.90 Å². The van der Waals surface area contributed by atoms with E-state index in [4.69, 9.17) is 0 Å². The molecule has 1 saturated carbocycles. The molecule has 0 amide bonds. The standard InChI is InChI=1S/C19H15F3N2/c1-24(13-6-4-12(20)5-7-13)19-10-17(11-2-3-11)23-18-9-16(22)15(21)8-14(18)19/h4-11H,2-3H2,1H3. The van der Waals surface area contributed by atoms with Gasteiger partial charge in [0.25, 0.3) is 0 Å². The highest BCUT2D eigenvalue weighted by molar-refractivity contribution is 5.94. The molecule has 0 atom stereocenters. The van der Waals surface area contributed by atoms with Crippen molar-refractivity contribution >= 4 is 22.3 Å². The van der Waals surface area contributed by atoms with Crippen molar-refractivity contribution in [3.8, 4) is 0 Å². The Hall–Kier alpha value is -2.56. The number of nitrogens with zero attached hydrogens (tertiary/aromatic N) is 2. The first-order valence-corrected chi connectivity index (χ1v) is 7.82. The molecule has 4 rings (SSSR count). The molecule has 1 fully saturated rings. The summed E-state index contributed by atoms with van der Waals surface area (Å²) in [6.07, 6.45) is 2.11. The summed E-state index contributed by atoms with van der Waals surface area (Å²) in [5.74, 6) is -1.75. The number of aromatic nitrogens is 1. The molecule has 1 aromatic heterocycles. The van der Waals surface area contributed by atoms with Crippen molar-refractivity contribution in [1.82, 2.24) is 4.98 Å². The number of pyridine rings is 1. The molecule has 0 aliphatic heterocycles. The van der Waals surface area contributed by atoms with Crippen molar-refractivity contribution < 1.29 is 13.2 Å². The van der Waals surface area contributed by atoms with E-state index < -0.39 is 11.6 Å². The van der Waals surface area contributed by atoms with Gasteiger partial charge in [0, 0.05) is 35.8 Å². The van der Waals surface area contributed by atoms with Crippen LogP contribution < -0.4 is 4.90 Å². The van der Waals surface area contributed by atoms with Gasteiger partial charge in [0.1, 0.15) is 5.82 Å². The highest BCUT2D eigenvalue weighted by Gasteiger charge is 2.27. The second-order valence-electron chi connectivity index (χ2n) is 6.16. The Morgan fingerprint density at radius 2 is 1.62 bits per heavy atom. The molecule has 5 heteroatoms. The van der Waals surface area contributed by atoms with Gasteiger partial charge in [-0.1, -0.05) is 0 Å². The summed E-state index contributed by atoms with van der Waals surface area (Å²) >= 11 is 0. The van der Waals surface area contributed by atoms with Crippen molar-refractivity contribution in [2.24, 2.45) is 0 Å². The zero-order chi connectivity index (χ0) is 16.8. The van der Waals surface area contributed by atoms with E-state index in [-0.39, 0.29) is 5.82 Å². The van der Waals surface area contributed by atoms with Gasteiger partial charge in [0.2, 0.25) is 0 Å². The van der Waals surface area contributed by atoms with Crippen molar-refractivity contribution in [3.05, 3.63) is 65.6 Å². The second-order valence-corrected chi connectivity index (χ2v) is 6.16. The monoisotopic (exact) mass is 328 g/mol. The number of anilines is 2. The summed E-state index contributed by atoms with van der Waals surface area (Å²) in [6.45, 7) is 0. The normalized spacial score (nSPS) is 14.2. The molecular formula is C19H15F3N2. The summed E-state index contributed by atoms with van der Waals surface area (Å²) in [6, 6.07) is 10.3. The minimum atomic E-state index is -0.905. The van der Waals surface area contributed by atoms with Crippen LogP contribution in [0.5, 0.6) is 0 Å². The van der Waals surface area contributed by atoms with Gasteiger partial charge in [-0.05, 0) is 49.2 Å². The lowest BCUT2D eigenvalue weighted by Gasteiger charge is -2.22. The van der Waals surface area contributed by atoms with E-state index in [1.54, 1.807) is 12.1 Å². The highest BCUT2D eigenvalue weighted by Crippen LogP contribution is 2.42. The minimum Gasteiger partial charge on any atom is -0.344 e. The lowest BCUT2D eigenvalue weighted by molar-refractivity contribution is 0.510. The molecule has 0 N–H and O–H groups in total. The third-order valence-electron chi connectivity index (χ3n) is 4.42. The van der Waals surface area contributed by atoms with E-state index >= 15 is 0 Å². The van der Waals surface area contributed by atoms with Gasteiger partial charge in [0.15, 0.2) is 11.6 Å².